The van der Waals surface area contributed by atoms with Gasteiger partial charge < -0.3 is 15.0 Å². The van der Waals surface area contributed by atoms with Gasteiger partial charge in [-0.3, -0.25) is 0 Å². The van der Waals surface area contributed by atoms with Gasteiger partial charge in [0, 0.05) is 17.7 Å². The van der Waals surface area contributed by atoms with E-state index in [-0.39, 0.29) is 12.1 Å². The molecule has 1 aliphatic carbocycles. The maximum Gasteiger partial charge on any atom is 0.213 e. The van der Waals surface area contributed by atoms with Gasteiger partial charge in [-0.05, 0) is 43.1 Å². The molecular weight excluding hydrogens is 324 g/mol. The van der Waals surface area contributed by atoms with E-state index in [0.717, 1.165) is 35.2 Å². The molecule has 2 aromatic heterocycles. The molecular formula is C21H30N4O. The molecule has 5 heteroatoms. The van der Waals surface area contributed by atoms with Crippen molar-refractivity contribution in [3.8, 4) is 17.1 Å². The van der Waals surface area contributed by atoms with Gasteiger partial charge in [0.2, 0.25) is 5.88 Å². The highest BCUT2D eigenvalue weighted by atomic mass is 16.5. The Kier molecular flexibility index (Phi) is 4.74. The van der Waals surface area contributed by atoms with Gasteiger partial charge in [0.15, 0.2) is 0 Å². The van der Waals surface area contributed by atoms with Crippen LogP contribution in [0, 0.1) is 17.8 Å². The summed E-state index contributed by atoms with van der Waals surface area (Å²) in [5.41, 5.74) is 10.1. The molecule has 1 aliphatic heterocycles. The smallest absolute Gasteiger partial charge is 0.213 e. The number of methoxy groups -OCH3 is 1. The minimum Gasteiger partial charge on any atom is -0.481 e. The third-order valence-corrected chi connectivity index (χ3v) is 6.73. The fourth-order valence-corrected chi connectivity index (χ4v) is 5.02. The van der Waals surface area contributed by atoms with Gasteiger partial charge in [-0.1, -0.05) is 26.7 Å². The normalized spacial score (nSPS) is 28.5. The fourth-order valence-electron chi connectivity index (χ4n) is 5.02. The van der Waals surface area contributed by atoms with E-state index in [1.165, 1.54) is 25.7 Å². The maximum absolute atomic E-state index is 6.75. The SMILES string of the molecule is CCC1CC(C(N)CC2c3nc(OC)ccc3-c3cncn32)CCC1C. The topological polar surface area (TPSA) is 66.0 Å². The largest absolute Gasteiger partial charge is 0.481 e. The van der Waals surface area contributed by atoms with Crippen LogP contribution in [0.25, 0.3) is 11.3 Å². The molecule has 5 atom stereocenters. The summed E-state index contributed by atoms with van der Waals surface area (Å²) in [5, 5.41) is 0. The van der Waals surface area contributed by atoms with Crippen LogP contribution in [0.2, 0.25) is 0 Å². The molecule has 2 aliphatic rings. The highest BCUT2D eigenvalue weighted by Crippen LogP contribution is 2.43. The summed E-state index contributed by atoms with van der Waals surface area (Å²) >= 11 is 0. The monoisotopic (exact) mass is 354 g/mol. The van der Waals surface area contributed by atoms with E-state index in [4.69, 9.17) is 15.5 Å². The second-order valence-corrected chi connectivity index (χ2v) is 8.11. The molecule has 2 aromatic rings. The first kappa shape index (κ1) is 17.5. The second kappa shape index (κ2) is 7.03. The van der Waals surface area contributed by atoms with Crippen molar-refractivity contribution in [2.24, 2.45) is 23.5 Å². The first-order valence-electron chi connectivity index (χ1n) is 9.95. The Bertz CT molecular complexity index is 771. The molecule has 4 rings (SSSR count). The minimum atomic E-state index is 0.159. The van der Waals surface area contributed by atoms with Crippen molar-refractivity contribution in [3.05, 3.63) is 30.4 Å². The third kappa shape index (κ3) is 2.92. The van der Waals surface area contributed by atoms with Gasteiger partial charge in [0.1, 0.15) is 0 Å². The molecule has 1 saturated carbocycles. The van der Waals surface area contributed by atoms with Crippen LogP contribution >= 0.6 is 0 Å². The summed E-state index contributed by atoms with van der Waals surface area (Å²) in [6.45, 7) is 4.72. The lowest BCUT2D eigenvalue weighted by Gasteiger charge is -2.37. The summed E-state index contributed by atoms with van der Waals surface area (Å²) in [5.74, 6) is 2.93. The van der Waals surface area contributed by atoms with Gasteiger partial charge in [-0.25, -0.2) is 9.97 Å². The average molecular weight is 354 g/mol. The molecule has 2 N–H and O–H groups in total. The van der Waals surface area contributed by atoms with Crippen LogP contribution < -0.4 is 10.5 Å². The number of aromatic nitrogens is 3. The lowest BCUT2D eigenvalue weighted by atomic mass is 9.70. The Morgan fingerprint density at radius 2 is 2.19 bits per heavy atom. The van der Waals surface area contributed by atoms with E-state index >= 15 is 0 Å². The van der Waals surface area contributed by atoms with E-state index in [2.05, 4.69) is 29.5 Å². The summed E-state index contributed by atoms with van der Waals surface area (Å²) in [4.78, 5) is 9.11. The van der Waals surface area contributed by atoms with E-state index in [1.807, 2.05) is 18.6 Å². The number of pyridine rings is 1. The van der Waals surface area contributed by atoms with Crippen molar-refractivity contribution in [1.82, 2.24) is 14.5 Å². The maximum atomic E-state index is 6.75. The van der Waals surface area contributed by atoms with E-state index in [1.54, 1.807) is 7.11 Å². The third-order valence-electron chi connectivity index (χ3n) is 6.73. The molecule has 1 fully saturated rings. The number of nitrogens with zero attached hydrogens (tertiary/aromatic N) is 3. The molecule has 0 spiro atoms. The number of nitrogens with two attached hydrogens (primary N) is 1. The van der Waals surface area contributed by atoms with Crippen LogP contribution in [0.5, 0.6) is 5.88 Å². The Morgan fingerprint density at radius 1 is 1.35 bits per heavy atom. The zero-order valence-corrected chi connectivity index (χ0v) is 16.1. The molecule has 3 heterocycles. The van der Waals surface area contributed by atoms with Crippen LogP contribution in [0.1, 0.15) is 57.7 Å². The van der Waals surface area contributed by atoms with E-state index < -0.39 is 0 Å². The number of imidazole rings is 1. The van der Waals surface area contributed by atoms with E-state index in [0.29, 0.717) is 11.8 Å². The molecule has 5 unspecified atom stereocenters. The lowest BCUT2D eigenvalue weighted by molar-refractivity contribution is 0.161. The molecule has 0 saturated heterocycles. The predicted octanol–water partition coefficient (Wildman–Crippen LogP) is 4.04. The van der Waals surface area contributed by atoms with Crippen LogP contribution in [-0.4, -0.2) is 27.7 Å². The van der Waals surface area contributed by atoms with Crippen LogP contribution in [0.4, 0.5) is 0 Å². The average Bonchev–Trinajstić information content (AvgIpc) is 3.24. The predicted molar refractivity (Wildman–Crippen MR) is 103 cm³/mol. The summed E-state index contributed by atoms with van der Waals surface area (Å²) < 4.78 is 7.59. The number of fused-ring (bicyclic) bond motifs is 3. The number of hydrogen-bond acceptors (Lipinski definition) is 4. The molecule has 140 valence electrons. The van der Waals surface area contributed by atoms with E-state index in [9.17, 15) is 0 Å². The Balaban J connectivity index is 1.57. The van der Waals surface area contributed by atoms with Gasteiger partial charge in [0.25, 0.3) is 0 Å². The van der Waals surface area contributed by atoms with Crippen molar-refractivity contribution in [2.45, 2.75) is 58.0 Å². The van der Waals surface area contributed by atoms with Crippen molar-refractivity contribution < 1.29 is 4.74 Å². The summed E-state index contributed by atoms with van der Waals surface area (Å²) in [6.07, 6.45) is 9.83. The Hall–Kier alpha value is -1.88. The second-order valence-electron chi connectivity index (χ2n) is 8.11. The van der Waals surface area contributed by atoms with Crippen molar-refractivity contribution >= 4 is 0 Å². The van der Waals surface area contributed by atoms with Crippen molar-refractivity contribution in [3.63, 3.8) is 0 Å². The van der Waals surface area contributed by atoms with Crippen LogP contribution in [0.3, 0.4) is 0 Å². The molecule has 5 nitrogen and oxygen atoms in total. The van der Waals surface area contributed by atoms with Gasteiger partial charge in [-0.15, -0.1) is 0 Å². The lowest BCUT2D eigenvalue weighted by Crippen LogP contribution is -2.37. The summed E-state index contributed by atoms with van der Waals surface area (Å²) in [7, 11) is 1.67. The standard InChI is InChI=1S/C21H30N4O/c1-4-14-9-15(6-5-13(14)2)17(22)10-18-21-16(7-8-20(24-21)26-3)19-11-23-12-25(18)19/h7-8,11-15,17-18H,4-6,9-10,22H2,1-3H3. The van der Waals surface area contributed by atoms with Crippen molar-refractivity contribution in [2.75, 3.05) is 7.11 Å². The molecule has 0 radical (unpaired) electrons. The van der Waals surface area contributed by atoms with Crippen LogP contribution in [-0.2, 0) is 0 Å². The highest BCUT2D eigenvalue weighted by Gasteiger charge is 2.35. The molecule has 0 amide bonds. The first-order valence-corrected chi connectivity index (χ1v) is 9.95. The molecule has 26 heavy (non-hydrogen) atoms. The fraction of sp³-hybridized carbons (Fsp3) is 0.619. The zero-order chi connectivity index (χ0) is 18.3. The first-order chi connectivity index (χ1) is 12.6. The summed E-state index contributed by atoms with van der Waals surface area (Å²) in [6, 6.07) is 4.37. The zero-order valence-electron chi connectivity index (χ0n) is 16.1. The minimum absolute atomic E-state index is 0.159. The van der Waals surface area contributed by atoms with Crippen molar-refractivity contribution in [1.29, 1.82) is 0 Å². The molecule has 0 bridgehead atoms. The van der Waals surface area contributed by atoms with Crippen LogP contribution in [0.15, 0.2) is 24.7 Å². The number of rotatable bonds is 5. The van der Waals surface area contributed by atoms with Gasteiger partial charge in [0.05, 0.1) is 37.1 Å². The Labute approximate surface area is 156 Å². The quantitative estimate of drug-likeness (QED) is 0.880. The molecule has 0 aromatic carbocycles. The number of ether oxygens (including phenoxy) is 1. The van der Waals surface area contributed by atoms with Gasteiger partial charge >= 0.3 is 0 Å². The Morgan fingerprint density at radius 3 is 2.96 bits per heavy atom. The highest BCUT2D eigenvalue weighted by molar-refractivity contribution is 5.67. The number of hydrogen-bond donors (Lipinski definition) is 1. The van der Waals surface area contributed by atoms with Gasteiger partial charge in [-0.2, -0.15) is 0 Å².